The van der Waals surface area contributed by atoms with Gasteiger partial charge in [-0.3, -0.25) is 0 Å². The highest BCUT2D eigenvalue weighted by Gasteiger charge is 2.23. The van der Waals surface area contributed by atoms with Crippen LogP contribution in [0.3, 0.4) is 0 Å². The average Bonchev–Trinajstić information content (AvgIpc) is 2.73. The maximum atomic E-state index is 13.4. The molecule has 2 aromatic rings. The number of anilines is 1. The standard InChI is InChI=1S/C14H19FN4O/c1-14(2,3)12-13(16)17-18-19(12)8-9-20-11-7-5-4-6-10(11)15/h4-7H,8-9,16H2,1-3H3. The molecule has 2 rings (SSSR count). The number of ether oxygens (including phenoxy) is 1. The number of nitrogen functional groups attached to an aromatic ring is 1. The van der Waals surface area contributed by atoms with E-state index in [9.17, 15) is 4.39 Å². The molecule has 1 aromatic carbocycles. The first-order valence-electron chi connectivity index (χ1n) is 6.46. The summed E-state index contributed by atoms with van der Waals surface area (Å²) in [5.74, 6) is 0.280. The molecule has 0 radical (unpaired) electrons. The van der Waals surface area contributed by atoms with Crippen molar-refractivity contribution in [1.82, 2.24) is 15.0 Å². The summed E-state index contributed by atoms with van der Waals surface area (Å²) < 4.78 is 20.5. The molecule has 5 nitrogen and oxygen atoms in total. The van der Waals surface area contributed by atoms with Gasteiger partial charge in [0.25, 0.3) is 0 Å². The van der Waals surface area contributed by atoms with Crippen molar-refractivity contribution < 1.29 is 9.13 Å². The molecule has 0 fully saturated rings. The first-order valence-corrected chi connectivity index (χ1v) is 6.46. The largest absolute Gasteiger partial charge is 0.489 e. The molecule has 1 heterocycles. The fraction of sp³-hybridized carbons (Fsp3) is 0.429. The lowest BCUT2D eigenvalue weighted by molar-refractivity contribution is 0.272. The molecule has 0 atom stereocenters. The number of benzene rings is 1. The summed E-state index contributed by atoms with van der Waals surface area (Å²) in [6.45, 7) is 6.88. The Hall–Kier alpha value is -2.11. The summed E-state index contributed by atoms with van der Waals surface area (Å²) in [4.78, 5) is 0. The van der Waals surface area contributed by atoms with Gasteiger partial charge in [-0.1, -0.05) is 38.1 Å². The van der Waals surface area contributed by atoms with Crippen LogP contribution >= 0.6 is 0 Å². The van der Waals surface area contributed by atoms with E-state index in [1.807, 2.05) is 20.8 Å². The lowest BCUT2D eigenvalue weighted by Crippen LogP contribution is -2.22. The molecule has 0 saturated carbocycles. The Morgan fingerprint density at radius 3 is 2.65 bits per heavy atom. The maximum absolute atomic E-state index is 13.4. The number of nitrogens with two attached hydrogens (primary N) is 1. The van der Waals surface area contributed by atoms with Gasteiger partial charge in [0.15, 0.2) is 17.4 Å². The summed E-state index contributed by atoms with van der Waals surface area (Å²) >= 11 is 0. The Morgan fingerprint density at radius 2 is 2.00 bits per heavy atom. The van der Waals surface area contributed by atoms with E-state index in [2.05, 4.69) is 10.3 Å². The molecule has 6 heteroatoms. The van der Waals surface area contributed by atoms with Gasteiger partial charge in [0.05, 0.1) is 12.2 Å². The van der Waals surface area contributed by atoms with Gasteiger partial charge >= 0.3 is 0 Å². The van der Waals surface area contributed by atoms with Crippen LogP contribution in [0.5, 0.6) is 5.75 Å². The van der Waals surface area contributed by atoms with E-state index in [1.165, 1.54) is 6.07 Å². The fourth-order valence-electron chi connectivity index (χ4n) is 2.06. The van der Waals surface area contributed by atoms with Gasteiger partial charge < -0.3 is 10.5 Å². The zero-order chi connectivity index (χ0) is 14.8. The van der Waals surface area contributed by atoms with Crippen molar-refractivity contribution in [2.45, 2.75) is 32.7 Å². The second-order valence-corrected chi connectivity index (χ2v) is 5.58. The molecule has 1 aromatic heterocycles. The van der Waals surface area contributed by atoms with Crippen LogP contribution in [0.15, 0.2) is 24.3 Å². The molecule has 0 spiro atoms. The minimum atomic E-state index is -0.373. The van der Waals surface area contributed by atoms with E-state index >= 15 is 0 Å². The topological polar surface area (TPSA) is 66.0 Å². The average molecular weight is 278 g/mol. The van der Waals surface area contributed by atoms with Crippen LogP contribution in [0, 0.1) is 5.82 Å². The van der Waals surface area contributed by atoms with Crippen molar-refractivity contribution in [3.05, 3.63) is 35.8 Å². The number of para-hydroxylation sites is 1. The predicted octanol–water partition coefficient (Wildman–Crippen LogP) is 2.38. The third-order valence-corrected chi connectivity index (χ3v) is 2.87. The molecule has 0 amide bonds. The first kappa shape index (κ1) is 14.3. The second-order valence-electron chi connectivity index (χ2n) is 5.58. The highest BCUT2D eigenvalue weighted by molar-refractivity contribution is 5.37. The summed E-state index contributed by atoms with van der Waals surface area (Å²) in [6.07, 6.45) is 0. The van der Waals surface area contributed by atoms with E-state index in [-0.39, 0.29) is 17.0 Å². The summed E-state index contributed by atoms with van der Waals surface area (Å²) in [5, 5.41) is 7.89. The van der Waals surface area contributed by atoms with Gasteiger partial charge in [0.2, 0.25) is 0 Å². The van der Waals surface area contributed by atoms with Crippen LogP contribution in [0.4, 0.5) is 10.2 Å². The van der Waals surface area contributed by atoms with Crippen molar-refractivity contribution in [3.8, 4) is 5.75 Å². The minimum Gasteiger partial charge on any atom is -0.489 e. The van der Waals surface area contributed by atoms with E-state index in [4.69, 9.17) is 10.5 Å². The Kier molecular flexibility index (Phi) is 3.92. The highest BCUT2D eigenvalue weighted by Crippen LogP contribution is 2.25. The quantitative estimate of drug-likeness (QED) is 0.932. The van der Waals surface area contributed by atoms with Gasteiger partial charge in [-0.25, -0.2) is 9.07 Å². The lowest BCUT2D eigenvalue weighted by Gasteiger charge is -2.20. The van der Waals surface area contributed by atoms with Gasteiger partial charge in [0.1, 0.15) is 6.61 Å². The van der Waals surface area contributed by atoms with Crippen molar-refractivity contribution in [2.24, 2.45) is 0 Å². The molecule has 20 heavy (non-hydrogen) atoms. The van der Waals surface area contributed by atoms with Crippen LogP contribution in [0.25, 0.3) is 0 Å². The van der Waals surface area contributed by atoms with Crippen molar-refractivity contribution in [2.75, 3.05) is 12.3 Å². The van der Waals surface area contributed by atoms with E-state index in [0.717, 1.165) is 5.69 Å². The maximum Gasteiger partial charge on any atom is 0.169 e. The molecular weight excluding hydrogens is 259 g/mol. The minimum absolute atomic E-state index is 0.161. The van der Waals surface area contributed by atoms with Crippen molar-refractivity contribution in [3.63, 3.8) is 0 Å². The summed E-state index contributed by atoms with van der Waals surface area (Å²) in [5.41, 5.74) is 6.53. The molecule has 0 aliphatic heterocycles. The third kappa shape index (κ3) is 3.07. The van der Waals surface area contributed by atoms with Crippen LogP contribution in [-0.2, 0) is 12.0 Å². The zero-order valence-electron chi connectivity index (χ0n) is 11.9. The molecule has 0 aliphatic carbocycles. The summed E-state index contributed by atoms with van der Waals surface area (Å²) in [6, 6.07) is 6.31. The Balaban J connectivity index is 2.04. The number of nitrogens with zero attached hydrogens (tertiary/aromatic N) is 3. The SMILES string of the molecule is CC(C)(C)c1c(N)nnn1CCOc1ccccc1F. The number of halogens is 1. The predicted molar refractivity (Wildman–Crippen MR) is 75.0 cm³/mol. The fourth-order valence-corrected chi connectivity index (χ4v) is 2.06. The Labute approximate surface area is 117 Å². The van der Waals surface area contributed by atoms with Crippen LogP contribution < -0.4 is 10.5 Å². The normalized spacial score (nSPS) is 11.6. The van der Waals surface area contributed by atoms with Crippen LogP contribution in [-0.4, -0.2) is 21.6 Å². The molecule has 0 unspecified atom stereocenters. The van der Waals surface area contributed by atoms with Gasteiger partial charge in [0, 0.05) is 5.41 Å². The zero-order valence-corrected chi connectivity index (χ0v) is 11.9. The first-order chi connectivity index (χ1) is 9.39. The van der Waals surface area contributed by atoms with E-state index in [1.54, 1.807) is 22.9 Å². The molecular formula is C14H19FN4O. The van der Waals surface area contributed by atoms with Crippen molar-refractivity contribution >= 4 is 5.82 Å². The smallest absolute Gasteiger partial charge is 0.169 e. The van der Waals surface area contributed by atoms with E-state index < -0.39 is 0 Å². The number of hydrogen-bond acceptors (Lipinski definition) is 4. The van der Waals surface area contributed by atoms with Gasteiger partial charge in [-0.2, -0.15) is 0 Å². The molecule has 108 valence electrons. The monoisotopic (exact) mass is 278 g/mol. The van der Waals surface area contributed by atoms with Crippen LogP contribution in [0.2, 0.25) is 0 Å². The Morgan fingerprint density at radius 1 is 1.30 bits per heavy atom. The molecule has 0 aliphatic rings. The Bertz CT molecular complexity index is 589. The number of hydrogen-bond donors (Lipinski definition) is 1. The molecule has 0 bridgehead atoms. The van der Waals surface area contributed by atoms with Gasteiger partial charge in [-0.15, -0.1) is 5.10 Å². The van der Waals surface area contributed by atoms with E-state index in [0.29, 0.717) is 19.0 Å². The van der Waals surface area contributed by atoms with Gasteiger partial charge in [-0.05, 0) is 12.1 Å². The van der Waals surface area contributed by atoms with Crippen molar-refractivity contribution in [1.29, 1.82) is 0 Å². The summed E-state index contributed by atoms with van der Waals surface area (Å²) in [7, 11) is 0. The second kappa shape index (κ2) is 5.48. The number of rotatable bonds is 4. The number of aromatic nitrogens is 3. The molecule has 0 saturated heterocycles. The highest BCUT2D eigenvalue weighted by atomic mass is 19.1. The lowest BCUT2D eigenvalue weighted by atomic mass is 9.92. The third-order valence-electron chi connectivity index (χ3n) is 2.87. The van der Waals surface area contributed by atoms with Crippen LogP contribution in [0.1, 0.15) is 26.5 Å². The molecule has 2 N–H and O–H groups in total.